The Balaban J connectivity index is 0. The minimum absolute atomic E-state index is 0.0412. The molecule has 0 N–H and O–H groups in total. The molecule has 0 amide bonds. The van der Waals surface area contributed by atoms with Gasteiger partial charge in [0, 0.05) is 6.08 Å². The highest BCUT2D eigenvalue weighted by Crippen LogP contribution is 1.87. The van der Waals surface area contributed by atoms with Crippen LogP contribution in [0.1, 0.15) is 13.8 Å². The zero-order valence-corrected chi connectivity index (χ0v) is 7.07. The number of rotatable bonds is 2. The van der Waals surface area contributed by atoms with Gasteiger partial charge in [-0.25, -0.2) is 4.79 Å². The van der Waals surface area contributed by atoms with Crippen LogP contribution in [-0.4, -0.2) is 12.1 Å². The summed E-state index contributed by atoms with van der Waals surface area (Å²) in [6.07, 6.45) is 1.11. The van der Waals surface area contributed by atoms with Gasteiger partial charge in [-0.3, -0.25) is 0 Å². The Labute approximate surface area is 71.7 Å². The van der Waals surface area contributed by atoms with Crippen molar-refractivity contribution < 1.29 is 9.53 Å². The van der Waals surface area contributed by atoms with Crippen LogP contribution >= 0.6 is 0 Å². The lowest BCUT2D eigenvalue weighted by Gasteiger charge is -2.02. The highest BCUT2D eigenvalue weighted by atomic mass is 16.5. The van der Waals surface area contributed by atoms with E-state index in [-0.39, 0.29) is 12.1 Å². The molecule has 0 unspecified atom stereocenters. The van der Waals surface area contributed by atoms with Crippen LogP contribution in [0, 0.1) is 22.7 Å². The molecule has 0 spiro atoms. The van der Waals surface area contributed by atoms with Crippen molar-refractivity contribution in [2.45, 2.75) is 20.0 Å². The summed E-state index contributed by atoms with van der Waals surface area (Å²) in [7, 11) is 0. The molecule has 0 aliphatic rings. The van der Waals surface area contributed by atoms with Crippen LogP contribution in [0.3, 0.4) is 0 Å². The van der Waals surface area contributed by atoms with E-state index in [0.717, 1.165) is 6.08 Å². The van der Waals surface area contributed by atoms with Gasteiger partial charge in [-0.1, -0.05) is 6.58 Å². The van der Waals surface area contributed by atoms with Crippen molar-refractivity contribution in [1.82, 2.24) is 0 Å². The Morgan fingerprint density at radius 1 is 1.50 bits per heavy atom. The second kappa shape index (κ2) is 9.19. The Bertz CT molecular complexity index is 208. The van der Waals surface area contributed by atoms with Crippen LogP contribution in [0.25, 0.3) is 0 Å². The van der Waals surface area contributed by atoms with Gasteiger partial charge in [-0.05, 0) is 13.8 Å². The average molecular weight is 166 g/mol. The van der Waals surface area contributed by atoms with Crippen molar-refractivity contribution in [1.29, 1.82) is 10.5 Å². The number of hydrogen-bond donors (Lipinski definition) is 0. The van der Waals surface area contributed by atoms with E-state index >= 15 is 0 Å². The quantitative estimate of drug-likeness (QED) is 0.455. The summed E-state index contributed by atoms with van der Waals surface area (Å²) in [5.41, 5.74) is 0. The number of carbonyl (C=O) groups is 1. The average Bonchev–Trinajstić information content (AvgIpc) is 2.04. The summed E-state index contributed by atoms with van der Waals surface area (Å²) in [4.78, 5) is 10.3. The SMILES string of the molecule is C=CC(=O)OC(C)C.N#CC#N. The predicted octanol–water partition coefficient (Wildman–Crippen LogP) is 1.16. The molecular weight excluding hydrogens is 156 g/mol. The molecule has 0 rings (SSSR count). The van der Waals surface area contributed by atoms with Gasteiger partial charge < -0.3 is 4.74 Å². The molecule has 12 heavy (non-hydrogen) atoms. The van der Waals surface area contributed by atoms with Gasteiger partial charge in [-0.15, -0.1) is 0 Å². The molecule has 64 valence electrons. The van der Waals surface area contributed by atoms with E-state index in [9.17, 15) is 4.79 Å². The first-order chi connectivity index (χ1) is 5.58. The third-order valence-electron chi connectivity index (χ3n) is 0.569. The molecule has 0 heterocycles. The smallest absolute Gasteiger partial charge is 0.330 e. The standard InChI is InChI=1S/C6H10O2.C2N2/c1-4-6(7)8-5(2)3;3-1-2-4/h4-5H,1H2,2-3H3;. The monoisotopic (exact) mass is 166 g/mol. The van der Waals surface area contributed by atoms with Crippen molar-refractivity contribution in [3.8, 4) is 12.1 Å². The number of carbonyl (C=O) groups excluding carboxylic acids is 1. The third-order valence-corrected chi connectivity index (χ3v) is 0.569. The molecule has 0 aromatic rings. The summed E-state index contributed by atoms with van der Waals surface area (Å²) in [5, 5.41) is 14.5. The van der Waals surface area contributed by atoms with Gasteiger partial charge in [0.2, 0.25) is 0 Å². The van der Waals surface area contributed by atoms with Crippen LogP contribution in [0.5, 0.6) is 0 Å². The maximum absolute atomic E-state index is 10.3. The van der Waals surface area contributed by atoms with Crippen LogP contribution < -0.4 is 0 Å². The van der Waals surface area contributed by atoms with Crippen molar-refractivity contribution >= 4 is 5.97 Å². The first-order valence-corrected chi connectivity index (χ1v) is 3.19. The number of nitrogens with zero attached hydrogens (tertiary/aromatic N) is 2. The molecule has 0 atom stereocenters. The van der Waals surface area contributed by atoms with Gasteiger partial charge >= 0.3 is 5.97 Å². The van der Waals surface area contributed by atoms with Crippen LogP contribution in [0.2, 0.25) is 0 Å². The number of esters is 1. The summed E-state index contributed by atoms with van der Waals surface area (Å²) >= 11 is 0. The molecule has 0 radical (unpaired) electrons. The first kappa shape index (κ1) is 12.8. The molecule has 0 fully saturated rings. The van der Waals surface area contributed by atoms with Gasteiger partial charge in [0.25, 0.3) is 0 Å². The third kappa shape index (κ3) is 15.7. The van der Waals surface area contributed by atoms with Gasteiger partial charge in [0.1, 0.15) is 0 Å². The van der Waals surface area contributed by atoms with Crippen molar-refractivity contribution in [2.75, 3.05) is 0 Å². The van der Waals surface area contributed by atoms with Crippen molar-refractivity contribution in [3.05, 3.63) is 12.7 Å². The van der Waals surface area contributed by atoms with E-state index in [0.29, 0.717) is 0 Å². The zero-order chi connectivity index (χ0) is 9.98. The van der Waals surface area contributed by atoms with Crippen LogP contribution in [0.4, 0.5) is 0 Å². The lowest BCUT2D eigenvalue weighted by molar-refractivity contribution is -0.141. The zero-order valence-electron chi connectivity index (χ0n) is 7.07. The predicted molar refractivity (Wildman–Crippen MR) is 42.7 cm³/mol. The summed E-state index contributed by atoms with van der Waals surface area (Å²) in [6.45, 7) is 6.83. The molecule has 0 aromatic heterocycles. The van der Waals surface area contributed by atoms with Crippen LogP contribution in [0.15, 0.2) is 12.7 Å². The second-order valence-electron chi connectivity index (χ2n) is 1.91. The topological polar surface area (TPSA) is 73.9 Å². The molecule has 0 bridgehead atoms. The lowest BCUT2D eigenvalue weighted by atomic mass is 10.5. The Kier molecular flexibility index (Phi) is 9.83. The van der Waals surface area contributed by atoms with Crippen molar-refractivity contribution in [2.24, 2.45) is 0 Å². The highest BCUT2D eigenvalue weighted by molar-refractivity contribution is 5.81. The minimum atomic E-state index is -0.361. The number of hydrogen-bond acceptors (Lipinski definition) is 4. The first-order valence-electron chi connectivity index (χ1n) is 3.19. The lowest BCUT2D eigenvalue weighted by Crippen LogP contribution is -2.07. The van der Waals surface area contributed by atoms with E-state index < -0.39 is 0 Å². The van der Waals surface area contributed by atoms with Gasteiger partial charge in [-0.2, -0.15) is 10.5 Å². The van der Waals surface area contributed by atoms with Crippen LogP contribution in [-0.2, 0) is 9.53 Å². The molecule has 0 saturated heterocycles. The molecule has 0 aliphatic heterocycles. The fraction of sp³-hybridized carbons (Fsp3) is 0.375. The molecule has 4 nitrogen and oxygen atoms in total. The fourth-order valence-electron chi connectivity index (χ4n) is 0.280. The molecular formula is C8H10N2O2. The van der Waals surface area contributed by atoms with E-state index in [4.69, 9.17) is 10.5 Å². The largest absolute Gasteiger partial charge is 0.460 e. The maximum atomic E-state index is 10.3. The summed E-state index contributed by atoms with van der Waals surface area (Å²) < 4.78 is 4.64. The number of nitriles is 2. The van der Waals surface area contributed by atoms with E-state index in [1.54, 1.807) is 13.8 Å². The van der Waals surface area contributed by atoms with Crippen molar-refractivity contribution in [3.63, 3.8) is 0 Å². The summed E-state index contributed by atoms with van der Waals surface area (Å²) in [5.74, 6) is -0.361. The molecule has 4 heteroatoms. The van der Waals surface area contributed by atoms with E-state index in [1.807, 2.05) is 0 Å². The normalized spacial score (nSPS) is 6.75. The minimum Gasteiger partial charge on any atom is -0.460 e. The summed E-state index contributed by atoms with van der Waals surface area (Å²) in [6, 6.07) is 2.47. The molecule has 0 aliphatic carbocycles. The molecule has 0 aromatic carbocycles. The van der Waals surface area contributed by atoms with Gasteiger partial charge in [0.05, 0.1) is 6.10 Å². The van der Waals surface area contributed by atoms with E-state index in [1.165, 1.54) is 12.1 Å². The Morgan fingerprint density at radius 2 is 1.92 bits per heavy atom. The molecule has 0 saturated carbocycles. The Hall–Kier alpha value is -1.81. The van der Waals surface area contributed by atoms with Gasteiger partial charge in [0.15, 0.2) is 12.1 Å². The fourth-order valence-corrected chi connectivity index (χ4v) is 0.280. The highest BCUT2D eigenvalue weighted by Gasteiger charge is 1.96. The Morgan fingerprint density at radius 3 is 2.00 bits per heavy atom. The van der Waals surface area contributed by atoms with E-state index in [2.05, 4.69) is 11.3 Å². The second-order valence-corrected chi connectivity index (χ2v) is 1.91. The maximum Gasteiger partial charge on any atom is 0.330 e. The number of ether oxygens (including phenoxy) is 1.